The molecule has 22 heavy (non-hydrogen) atoms. The van der Waals surface area contributed by atoms with Crippen molar-refractivity contribution in [2.75, 3.05) is 13.7 Å². The smallest absolute Gasteiger partial charge is 0.272 e. The van der Waals surface area contributed by atoms with E-state index in [1.807, 2.05) is 20.9 Å². The minimum atomic E-state index is -0.0679. The van der Waals surface area contributed by atoms with E-state index in [1.165, 1.54) is 0 Å². The standard InChI is InChI=1S/C17H26N2O3/c1-12(2)22-16-6-4-5-15(18-16)17(21)19(3)14-9-7-13(11-20)8-10-14/h4-6,12-14,20H,7-11H2,1-3H3. The van der Waals surface area contributed by atoms with Gasteiger partial charge in [0.25, 0.3) is 5.91 Å². The van der Waals surface area contributed by atoms with Gasteiger partial charge in [-0.25, -0.2) is 4.98 Å². The summed E-state index contributed by atoms with van der Waals surface area (Å²) in [5, 5.41) is 9.20. The number of hydrogen-bond acceptors (Lipinski definition) is 4. The van der Waals surface area contributed by atoms with Crippen molar-refractivity contribution < 1.29 is 14.6 Å². The van der Waals surface area contributed by atoms with Crippen LogP contribution in [0.2, 0.25) is 0 Å². The van der Waals surface area contributed by atoms with Crippen LogP contribution in [-0.4, -0.2) is 46.7 Å². The fourth-order valence-electron chi connectivity index (χ4n) is 2.90. The lowest BCUT2D eigenvalue weighted by molar-refractivity contribution is 0.0645. The second-order valence-corrected chi connectivity index (χ2v) is 6.30. The van der Waals surface area contributed by atoms with Crippen molar-refractivity contribution >= 4 is 5.91 Å². The van der Waals surface area contributed by atoms with Crippen molar-refractivity contribution in [3.05, 3.63) is 23.9 Å². The molecule has 1 amide bonds. The topological polar surface area (TPSA) is 62.7 Å². The average Bonchev–Trinajstić information content (AvgIpc) is 2.53. The van der Waals surface area contributed by atoms with Crippen LogP contribution < -0.4 is 4.74 Å². The molecule has 0 radical (unpaired) electrons. The number of aliphatic hydroxyl groups excluding tert-OH is 1. The van der Waals surface area contributed by atoms with Crippen molar-refractivity contribution in [1.82, 2.24) is 9.88 Å². The van der Waals surface area contributed by atoms with Gasteiger partial charge in [0.1, 0.15) is 5.69 Å². The molecule has 1 N–H and O–H groups in total. The number of nitrogens with zero attached hydrogens (tertiary/aromatic N) is 2. The molecule has 1 saturated carbocycles. The number of aromatic nitrogens is 1. The maximum Gasteiger partial charge on any atom is 0.272 e. The van der Waals surface area contributed by atoms with E-state index in [0.29, 0.717) is 17.5 Å². The monoisotopic (exact) mass is 306 g/mol. The van der Waals surface area contributed by atoms with Gasteiger partial charge in [-0.15, -0.1) is 0 Å². The van der Waals surface area contributed by atoms with Crippen molar-refractivity contribution in [3.8, 4) is 5.88 Å². The molecule has 1 heterocycles. The molecule has 1 aliphatic carbocycles. The Balaban J connectivity index is 2.01. The fraction of sp³-hybridized carbons (Fsp3) is 0.647. The molecule has 0 unspecified atom stereocenters. The molecule has 0 spiro atoms. The van der Waals surface area contributed by atoms with E-state index in [4.69, 9.17) is 4.74 Å². The normalized spacial score (nSPS) is 21.7. The number of carbonyl (C=O) groups is 1. The molecule has 1 aromatic rings. The van der Waals surface area contributed by atoms with E-state index in [2.05, 4.69) is 4.98 Å². The van der Waals surface area contributed by atoms with E-state index in [9.17, 15) is 9.90 Å². The van der Waals surface area contributed by atoms with E-state index >= 15 is 0 Å². The summed E-state index contributed by atoms with van der Waals surface area (Å²) >= 11 is 0. The van der Waals surface area contributed by atoms with E-state index in [0.717, 1.165) is 25.7 Å². The molecule has 0 aliphatic heterocycles. The van der Waals surface area contributed by atoms with Gasteiger partial charge in [0.05, 0.1) is 6.10 Å². The third kappa shape index (κ3) is 4.19. The maximum absolute atomic E-state index is 12.6. The molecular weight excluding hydrogens is 280 g/mol. The predicted molar refractivity (Wildman–Crippen MR) is 84.9 cm³/mol. The van der Waals surface area contributed by atoms with Crippen molar-refractivity contribution in [2.24, 2.45) is 5.92 Å². The molecule has 1 aliphatic rings. The van der Waals surface area contributed by atoms with Crippen LogP contribution in [-0.2, 0) is 0 Å². The van der Waals surface area contributed by atoms with Gasteiger partial charge >= 0.3 is 0 Å². The average molecular weight is 306 g/mol. The number of carbonyl (C=O) groups excluding carboxylic acids is 1. The fourth-order valence-corrected chi connectivity index (χ4v) is 2.90. The molecule has 5 nitrogen and oxygen atoms in total. The van der Waals surface area contributed by atoms with Crippen LogP contribution in [0.5, 0.6) is 5.88 Å². The van der Waals surface area contributed by atoms with Gasteiger partial charge in [0.15, 0.2) is 0 Å². The highest BCUT2D eigenvalue weighted by Gasteiger charge is 2.27. The summed E-state index contributed by atoms with van der Waals surface area (Å²) in [6.07, 6.45) is 3.86. The van der Waals surface area contributed by atoms with Crippen molar-refractivity contribution in [3.63, 3.8) is 0 Å². The Morgan fingerprint density at radius 2 is 2.05 bits per heavy atom. The van der Waals surface area contributed by atoms with Gasteiger partial charge in [0.2, 0.25) is 5.88 Å². The van der Waals surface area contributed by atoms with Gasteiger partial charge in [0, 0.05) is 25.8 Å². The van der Waals surface area contributed by atoms with Crippen molar-refractivity contribution in [2.45, 2.75) is 51.7 Å². The lowest BCUT2D eigenvalue weighted by Crippen LogP contribution is -2.40. The van der Waals surface area contributed by atoms with Gasteiger partial charge in [-0.05, 0) is 51.5 Å². The summed E-state index contributed by atoms with van der Waals surface area (Å²) < 4.78 is 5.55. The second kappa shape index (κ2) is 7.58. The van der Waals surface area contributed by atoms with Crippen LogP contribution in [0.25, 0.3) is 0 Å². The molecule has 0 aromatic carbocycles. The molecule has 1 aromatic heterocycles. The van der Waals surface area contributed by atoms with Gasteiger partial charge < -0.3 is 14.7 Å². The van der Waals surface area contributed by atoms with Gasteiger partial charge in [-0.1, -0.05) is 6.07 Å². The summed E-state index contributed by atoms with van der Waals surface area (Å²) in [5.41, 5.74) is 0.421. The summed E-state index contributed by atoms with van der Waals surface area (Å²) in [6.45, 7) is 4.12. The van der Waals surface area contributed by atoms with Crippen LogP contribution in [0, 0.1) is 5.92 Å². The molecule has 0 saturated heterocycles. The first-order valence-corrected chi connectivity index (χ1v) is 8.03. The van der Waals surface area contributed by atoms with Crippen LogP contribution in [0.3, 0.4) is 0 Å². The first-order chi connectivity index (χ1) is 10.5. The lowest BCUT2D eigenvalue weighted by Gasteiger charge is -2.34. The van der Waals surface area contributed by atoms with Crippen LogP contribution in [0.15, 0.2) is 18.2 Å². The molecule has 0 atom stereocenters. The molecule has 5 heteroatoms. The third-order valence-electron chi connectivity index (χ3n) is 4.24. The maximum atomic E-state index is 12.6. The zero-order chi connectivity index (χ0) is 16.1. The largest absolute Gasteiger partial charge is 0.475 e. The van der Waals surface area contributed by atoms with E-state index in [1.54, 1.807) is 23.1 Å². The quantitative estimate of drug-likeness (QED) is 0.908. The Kier molecular flexibility index (Phi) is 5.77. The second-order valence-electron chi connectivity index (χ2n) is 6.30. The Hall–Kier alpha value is -1.62. The lowest BCUT2D eigenvalue weighted by atomic mass is 9.86. The zero-order valence-electron chi connectivity index (χ0n) is 13.7. The van der Waals surface area contributed by atoms with E-state index in [-0.39, 0.29) is 24.7 Å². The predicted octanol–water partition coefficient (Wildman–Crippen LogP) is 2.49. The summed E-state index contributed by atoms with van der Waals surface area (Å²) in [6, 6.07) is 5.52. The highest BCUT2D eigenvalue weighted by Crippen LogP contribution is 2.27. The molecule has 122 valence electrons. The first kappa shape index (κ1) is 16.7. The number of hydrogen-bond donors (Lipinski definition) is 1. The van der Waals surface area contributed by atoms with Crippen molar-refractivity contribution in [1.29, 1.82) is 0 Å². The number of aliphatic hydroxyl groups is 1. The van der Waals surface area contributed by atoms with E-state index < -0.39 is 0 Å². The number of rotatable bonds is 5. The first-order valence-electron chi connectivity index (χ1n) is 8.03. The summed E-state index contributed by atoms with van der Waals surface area (Å²) in [7, 11) is 1.84. The minimum Gasteiger partial charge on any atom is -0.475 e. The Bertz CT molecular complexity index is 496. The number of ether oxygens (including phenoxy) is 1. The molecular formula is C17H26N2O3. The Morgan fingerprint density at radius 3 is 2.64 bits per heavy atom. The summed E-state index contributed by atoms with van der Waals surface area (Å²) in [4.78, 5) is 18.7. The highest BCUT2D eigenvalue weighted by atomic mass is 16.5. The SMILES string of the molecule is CC(C)Oc1cccc(C(=O)N(C)C2CCC(CO)CC2)n1. The van der Waals surface area contributed by atoms with Crippen LogP contribution in [0.1, 0.15) is 50.0 Å². The molecule has 0 bridgehead atoms. The van der Waals surface area contributed by atoms with Gasteiger partial charge in [-0.2, -0.15) is 0 Å². The minimum absolute atomic E-state index is 0.0318. The van der Waals surface area contributed by atoms with Crippen LogP contribution >= 0.6 is 0 Å². The Labute approximate surface area is 132 Å². The Morgan fingerprint density at radius 1 is 1.36 bits per heavy atom. The molecule has 2 rings (SSSR count). The zero-order valence-corrected chi connectivity index (χ0v) is 13.7. The van der Waals surface area contributed by atoms with Gasteiger partial charge in [-0.3, -0.25) is 4.79 Å². The number of pyridine rings is 1. The summed E-state index contributed by atoms with van der Waals surface area (Å²) in [5.74, 6) is 0.806. The highest BCUT2D eigenvalue weighted by molar-refractivity contribution is 5.92. The molecule has 1 fully saturated rings. The van der Waals surface area contributed by atoms with Crippen LogP contribution in [0.4, 0.5) is 0 Å². The number of amides is 1. The third-order valence-corrected chi connectivity index (χ3v) is 4.24.